The van der Waals surface area contributed by atoms with Crippen LogP contribution < -0.4 is 4.90 Å². The van der Waals surface area contributed by atoms with E-state index in [0.717, 1.165) is 32.7 Å². The third-order valence-electron chi connectivity index (χ3n) is 4.31. The van der Waals surface area contributed by atoms with E-state index in [4.69, 9.17) is 23.2 Å². The molecule has 3 heterocycles. The Morgan fingerprint density at radius 1 is 1.38 bits per heavy atom. The second-order valence-corrected chi connectivity index (χ2v) is 8.02. The first-order valence-electron chi connectivity index (χ1n) is 7.98. The molecule has 1 atom stereocenters. The van der Waals surface area contributed by atoms with E-state index in [2.05, 4.69) is 17.1 Å². The number of aromatic nitrogens is 3. The Labute approximate surface area is 155 Å². The highest BCUT2D eigenvalue weighted by atomic mass is 35.5. The number of hydrogen-bond donors (Lipinski definition) is 1. The normalized spacial score (nSPS) is 17.4. The Morgan fingerprint density at radius 2 is 2.08 bits per heavy atom. The zero-order valence-electron chi connectivity index (χ0n) is 13.6. The van der Waals surface area contributed by atoms with Gasteiger partial charge >= 0.3 is 0 Å². The number of amides is 1. The van der Waals surface area contributed by atoms with Gasteiger partial charge in [0, 0.05) is 6.20 Å². The number of nitrogens with one attached hydrogen (secondary N) is 1. The summed E-state index contributed by atoms with van der Waals surface area (Å²) in [6.07, 6.45) is 1.71. The zero-order chi connectivity index (χ0) is 17.3. The maximum Gasteiger partial charge on any atom is 0.236 e. The third kappa shape index (κ3) is 3.64. The van der Waals surface area contributed by atoms with Crippen molar-refractivity contribution in [2.45, 2.75) is 24.3 Å². The lowest BCUT2D eigenvalue weighted by molar-refractivity contribution is -0.902. The Balaban J connectivity index is 1.71. The number of carbonyl (C=O) groups is 1. The molecule has 1 amide bonds. The number of likely N-dealkylation sites (N-methyl/N-ethyl adjacent to an activating group) is 1. The summed E-state index contributed by atoms with van der Waals surface area (Å²) in [6, 6.07) is 1.63. The van der Waals surface area contributed by atoms with Gasteiger partial charge in [-0.1, -0.05) is 35.0 Å². The maximum atomic E-state index is 12.7. The number of nitrogens with zero attached hydrogens (tertiary/aromatic N) is 4. The first kappa shape index (κ1) is 17.8. The molecule has 0 spiro atoms. The summed E-state index contributed by atoms with van der Waals surface area (Å²) in [4.78, 5) is 16.2. The molecule has 24 heavy (non-hydrogen) atoms. The van der Waals surface area contributed by atoms with Gasteiger partial charge in [0.25, 0.3) is 0 Å². The van der Waals surface area contributed by atoms with Gasteiger partial charge in [-0.2, -0.15) is 0 Å². The van der Waals surface area contributed by atoms with E-state index in [9.17, 15) is 4.79 Å². The number of halogens is 2. The van der Waals surface area contributed by atoms with E-state index in [1.807, 2.05) is 11.8 Å². The minimum Gasteiger partial charge on any atom is -0.332 e. The van der Waals surface area contributed by atoms with Crippen LogP contribution in [0.3, 0.4) is 0 Å². The van der Waals surface area contributed by atoms with E-state index in [1.165, 1.54) is 11.8 Å². The van der Waals surface area contributed by atoms with Crippen molar-refractivity contribution in [1.82, 2.24) is 19.5 Å². The topological polar surface area (TPSA) is 54.9 Å². The number of rotatable bonds is 4. The van der Waals surface area contributed by atoms with Crippen molar-refractivity contribution in [2.24, 2.45) is 0 Å². The quantitative estimate of drug-likeness (QED) is 0.801. The van der Waals surface area contributed by atoms with Gasteiger partial charge in [-0.25, -0.2) is 0 Å². The van der Waals surface area contributed by atoms with Crippen LogP contribution in [0, 0.1) is 0 Å². The fraction of sp³-hybridized carbons (Fsp3) is 0.533. The van der Waals surface area contributed by atoms with Crippen molar-refractivity contribution in [2.75, 3.05) is 32.7 Å². The summed E-state index contributed by atoms with van der Waals surface area (Å²) in [6.45, 7) is 8.84. The van der Waals surface area contributed by atoms with Crippen molar-refractivity contribution < 1.29 is 9.69 Å². The lowest BCUT2D eigenvalue weighted by Crippen LogP contribution is -3.14. The van der Waals surface area contributed by atoms with E-state index in [1.54, 1.807) is 21.6 Å². The van der Waals surface area contributed by atoms with Crippen molar-refractivity contribution >= 4 is 46.5 Å². The average Bonchev–Trinajstić information content (AvgIpc) is 2.97. The summed E-state index contributed by atoms with van der Waals surface area (Å²) >= 11 is 13.6. The van der Waals surface area contributed by atoms with Crippen LogP contribution in [0.1, 0.15) is 13.8 Å². The highest BCUT2D eigenvalue weighted by Crippen LogP contribution is 2.28. The second-order valence-electron chi connectivity index (χ2n) is 5.87. The SMILES string of the molecule is CC[NH+]1CCN(C(=O)[C@@H](C)Sc2nnc3c(Cl)cc(Cl)cn23)CC1. The highest BCUT2D eigenvalue weighted by molar-refractivity contribution is 8.00. The third-order valence-corrected chi connectivity index (χ3v) is 5.84. The number of pyridine rings is 1. The standard InChI is InChI=1S/C15H19Cl2N5OS/c1-3-20-4-6-21(7-5-20)14(23)10(2)24-15-19-18-13-12(17)8-11(16)9-22(13)15/h8-10H,3-7H2,1-2H3/p+1/t10-/m1/s1. The molecule has 1 aliphatic heterocycles. The van der Waals surface area contributed by atoms with Gasteiger partial charge in [-0.3, -0.25) is 9.20 Å². The minimum atomic E-state index is -0.238. The molecule has 0 aromatic carbocycles. The van der Waals surface area contributed by atoms with Gasteiger partial charge in [0.1, 0.15) is 0 Å². The molecule has 9 heteroatoms. The van der Waals surface area contributed by atoms with Crippen LogP contribution in [-0.2, 0) is 4.79 Å². The van der Waals surface area contributed by atoms with Crippen molar-refractivity contribution in [1.29, 1.82) is 0 Å². The first-order valence-corrected chi connectivity index (χ1v) is 9.62. The smallest absolute Gasteiger partial charge is 0.236 e. The van der Waals surface area contributed by atoms with Crippen LogP contribution in [0.4, 0.5) is 0 Å². The van der Waals surface area contributed by atoms with Crippen LogP contribution >= 0.6 is 35.0 Å². The molecule has 1 aliphatic rings. The van der Waals surface area contributed by atoms with Crippen LogP contribution in [0.25, 0.3) is 5.65 Å². The van der Waals surface area contributed by atoms with Crippen LogP contribution in [0.2, 0.25) is 10.0 Å². The Morgan fingerprint density at radius 3 is 2.75 bits per heavy atom. The number of hydrogen-bond acceptors (Lipinski definition) is 4. The van der Waals surface area contributed by atoms with E-state index < -0.39 is 0 Å². The van der Waals surface area contributed by atoms with Crippen LogP contribution in [0.5, 0.6) is 0 Å². The summed E-state index contributed by atoms with van der Waals surface area (Å²) in [5.41, 5.74) is 0.545. The van der Waals surface area contributed by atoms with Gasteiger partial charge in [-0.15, -0.1) is 10.2 Å². The average molecular weight is 389 g/mol. The van der Waals surface area contributed by atoms with Crippen LogP contribution in [-0.4, -0.2) is 63.4 Å². The molecule has 2 aromatic rings. The number of fused-ring (bicyclic) bond motifs is 1. The largest absolute Gasteiger partial charge is 0.332 e. The predicted octanol–water partition coefficient (Wildman–Crippen LogP) is 1.26. The lowest BCUT2D eigenvalue weighted by atomic mass is 10.3. The molecule has 6 nitrogen and oxygen atoms in total. The number of piperazine rings is 1. The van der Waals surface area contributed by atoms with Gasteiger partial charge in [0.15, 0.2) is 10.8 Å². The maximum absolute atomic E-state index is 12.7. The van der Waals surface area contributed by atoms with Crippen LogP contribution in [0.15, 0.2) is 17.4 Å². The first-order chi connectivity index (χ1) is 11.5. The summed E-state index contributed by atoms with van der Waals surface area (Å²) in [5.74, 6) is 0.139. The fourth-order valence-corrected chi connectivity index (χ4v) is 4.26. The number of thioether (sulfide) groups is 1. The number of quaternary nitrogens is 1. The number of carbonyl (C=O) groups excluding carboxylic acids is 1. The van der Waals surface area contributed by atoms with Crippen molar-refractivity contribution in [3.8, 4) is 0 Å². The lowest BCUT2D eigenvalue weighted by Gasteiger charge is -2.32. The van der Waals surface area contributed by atoms with E-state index in [0.29, 0.717) is 20.8 Å². The Hall–Kier alpha value is -1.02. The monoisotopic (exact) mass is 388 g/mol. The Bertz CT molecular complexity index is 745. The molecule has 2 aromatic heterocycles. The predicted molar refractivity (Wildman–Crippen MR) is 96.1 cm³/mol. The molecule has 1 fully saturated rings. The van der Waals surface area contributed by atoms with Gasteiger partial charge < -0.3 is 9.80 Å². The second kappa shape index (κ2) is 7.47. The van der Waals surface area contributed by atoms with Gasteiger partial charge in [-0.05, 0) is 19.9 Å². The molecule has 0 saturated carbocycles. The minimum absolute atomic E-state index is 0.139. The summed E-state index contributed by atoms with van der Waals surface area (Å²) in [5, 5.41) is 9.56. The highest BCUT2D eigenvalue weighted by Gasteiger charge is 2.27. The zero-order valence-corrected chi connectivity index (χ0v) is 16.0. The molecule has 1 saturated heterocycles. The molecular formula is C15H20Cl2N5OS+. The molecule has 0 bridgehead atoms. The Kier molecular flexibility index (Phi) is 5.54. The summed E-state index contributed by atoms with van der Waals surface area (Å²) in [7, 11) is 0. The molecule has 0 unspecified atom stereocenters. The van der Waals surface area contributed by atoms with Crippen molar-refractivity contribution in [3.63, 3.8) is 0 Å². The molecule has 1 N–H and O–H groups in total. The molecule has 0 radical (unpaired) electrons. The van der Waals surface area contributed by atoms with Gasteiger partial charge in [0.05, 0.1) is 48.0 Å². The molecule has 130 valence electrons. The van der Waals surface area contributed by atoms with Gasteiger partial charge in [0.2, 0.25) is 5.91 Å². The summed E-state index contributed by atoms with van der Waals surface area (Å²) < 4.78 is 1.73. The molecular weight excluding hydrogens is 369 g/mol. The van der Waals surface area contributed by atoms with E-state index in [-0.39, 0.29) is 11.2 Å². The molecule has 3 rings (SSSR count). The van der Waals surface area contributed by atoms with E-state index >= 15 is 0 Å². The van der Waals surface area contributed by atoms with Crippen molar-refractivity contribution in [3.05, 3.63) is 22.3 Å². The molecule has 0 aliphatic carbocycles. The fourth-order valence-electron chi connectivity index (χ4n) is 2.85.